The monoisotopic (exact) mass is 1190 g/mol. The maximum Gasteiger partial charge on any atom is 0.413 e. The largest absolute Gasteiger partial charge is 0.458 e. The summed E-state index contributed by atoms with van der Waals surface area (Å²) < 4.78 is 24.4. The number of nitrogens with two attached hydrogens (primary N) is 1. The molecule has 4 aromatic heterocycles. The van der Waals surface area contributed by atoms with Crippen LogP contribution >= 0.6 is 24.4 Å². The molecule has 0 bridgehead atoms. The minimum atomic E-state index is -0.664. The van der Waals surface area contributed by atoms with Crippen LogP contribution in [0.4, 0.5) is 16.4 Å². The minimum Gasteiger partial charge on any atom is -0.458 e. The van der Waals surface area contributed by atoms with Crippen LogP contribution in [0.1, 0.15) is 139 Å². The number of nitrogens with zero attached hydrogens (tertiary/aromatic N) is 1. The summed E-state index contributed by atoms with van der Waals surface area (Å²) in [4.78, 5) is 75.3. The van der Waals surface area contributed by atoms with Crippen LogP contribution in [0.3, 0.4) is 0 Å². The van der Waals surface area contributed by atoms with Gasteiger partial charge < -0.3 is 44.9 Å². The van der Waals surface area contributed by atoms with E-state index < -0.39 is 23.7 Å². The number of H-pyrrole nitrogens is 4. The molecule has 0 aliphatic heterocycles. The van der Waals surface area contributed by atoms with Crippen molar-refractivity contribution in [1.82, 2.24) is 29.7 Å². The van der Waals surface area contributed by atoms with Gasteiger partial charge in [0, 0.05) is 35.3 Å². The highest BCUT2D eigenvalue weighted by Crippen LogP contribution is 2.40. The maximum atomic E-state index is 13.4. The Morgan fingerprint density at radius 3 is 1.39 bits per heavy atom. The Morgan fingerprint density at radius 1 is 0.565 bits per heavy atom. The molecule has 0 radical (unpaired) electrons. The first-order chi connectivity index (χ1) is 40.6. The topological polar surface area (TPSA) is 240 Å². The first-order valence-corrected chi connectivity index (χ1v) is 30.5. The Morgan fingerprint density at radius 2 is 0.953 bits per heavy atom. The highest BCUT2D eigenvalue weighted by atomic mass is 32.1. The standard InChI is InChI=1S/C24H31N3O4S.C22H25N3O3S.C20H26N2O2/c1-5-30-24(29)27-23(32)26-21-19(18(13-25-21)17-9-7-6-8-10-17)22(28)31-20-15(3)11-14(2)12-16(20)4;1-12-9-13(2)18(14(3)10-12)28-20(26)17-16(15-7-5-4-6-8-15)11-25-19(17)23-21(29)24-22(25)27;1-12-9-13(2)18(14(3)10-12)24-20(23)17-16(11-22-19(17)21)15-7-5-4-6-8-15/h6-10,13-16,20,25H,5,11-12H2,1-4H3,(H2,26,27,29,32);4-8,11-14,18H,9-10H2,1-3H3,(H2,23,24,27,29);4-8,11-14,18,22H,9-10,21H2,1-3H3. The van der Waals surface area contributed by atoms with Gasteiger partial charge in [-0.3, -0.25) is 14.7 Å². The molecule has 1 amide bonds. The van der Waals surface area contributed by atoms with Gasteiger partial charge in [0.15, 0.2) is 9.88 Å². The Hall–Kier alpha value is -7.77. The lowest BCUT2D eigenvalue weighted by atomic mass is 9.75. The summed E-state index contributed by atoms with van der Waals surface area (Å²) in [6.45, 7) is 21.6. The van der Waals surface area contributed by atoms with E-state index in [0.717, 1.165) is 60.8 Å². The number of rotatable bonds is 11. The fourth-order valence-corrected chi connectivity index (χ4v) is 13.8. The molecule has 8 N–H and O–H groups in total. The molecule has 10 rings (SSSR count). The number of esters is 3. The van der Waals surface area contributed by atoms with Crippen molar-refractivity contribution in [3.8, 4) is 33.4 Å². The number of carbonyl (C=O) groups excluding carboxylic acids is 4. The number of alkyl carbamates (subject to hydrolysis) is 1. The minimum absolute atomic E-state index is 0.0205. The number of ether oxygens (including phenoxy) is 4. The maximum absolute atomic E-state index is 13.4. The van der Waals surface area contributed by atoms with Crippen LogP contribution in [0.25, 0.3) is 39.0 Å². The Bertz CT molecular complexity index is 3520. The van der Waals surface area contributed by atoms with Gasteiger partial charge in [0.25, 0.3) is 0 Å². The zero-order chi connectivity index (χ0) is 61.2. The summed E-state index contributed by atoms with van der Waals surface area (Å²) in [6.07, 6.45) is 10.5. The van der Waals surface area contributed by atoms with Crippen LogP contribution in [0.5, 0.6) is 0 Å². The number of nitrogen functional groups attached to an aromatic ring is 1. The van der Waals surface area contributed by atoms with Crippen molar-refractivity contribution in [2.24, 2.45) is 53.3 Å². The number of fused-ring (bicyclic) bond motifs is 1. The number of aromatic amines is 4. The average molecular weight is 1200 g/mol. The number of carbonyl (C=O) groups is 4. The van der Waals surface area contributed by atoms with Gasteiger partial charge in [-0.1, -0.05) is 153 Å². The van der Waals surface area contributed by atoms with Gasteiger partial charge in [-0.15, -0.1) is 0 Å². The second kappa shape index (κ2) is 28.4. The fourth-order valence-electron chi connectivity index (χ4n) is 13.4. The second-order valence-electron chi connectivity index (χ2n) is 24.1. The summed E-state index contributed by atoms with van der Waals surface area (Å²) >= 11 is 10.3. The third kappa shape index (κ3) is 15.4. The molecule has 6 unspecified atom stereocenters. The molecule has 85 heavy (non-hydrogen) atoms. The fraction of sp³-hybridized carbons (Fsp3) is 0.439. The van der Waals surface area contributed by atoms with Gasteiger partial charge in [-0.25, -0.2) is 24.0 Å². The number of thiocarbonyl (C=S) groups is 1. The van der Waals surface area contributed by atoms with Crippen LogP contribution in [0, 0.1) is 58.0 Å². The Labute approximate surface area is 508 Å². The van der Waals surface area contributed by atoms with Crippen LogP contribution in [0.15, 0.2) is 114 Å². The molecule has 6 atom stereocenters. The molecule has 19 heteroatoms. The smallest absolute Gasteiger partial charge is 0.413 e. The van der Waals surface area contributed by atoms with E-state index in [1.165, 1.54) is 4.40 Å². The molecular formula is C66H82N8O9S2. The Kier molecular flexibility index (Phi) is 21.1. The highest BCUT2D eigenvalue weighted by Gasteiger charge is 2.39. The van der Waals surface area contributed by atoms with Gasteiger partial charge in [0.1, 0.15) is 52.3 Å². The van der Waals surface area contributed by atoms with E-state index in [1.807, 2.05) is 91.0 Å². The van der Waals surface area contributed by atoms with E-state index in [4.69, 9.17) is 49.1 Å². The van der Waals surface area contributed by atoms with Crippen molar-refractivity contribution >= 4 is 70.8 Å². The third-order valence-corrected chi connectivity index (χ3v) is 17.2. The molecule has 17 nitrogen and oxygen atoms in total. The van der Waals surface area contributed by atoms with Crippen LogP contribution in [-0.2, 0) is 18.9 Å². The van der Waals surface area contributed by atoms with Crippen LogP contribution in [-0.4, -0.2) is 78.4 Å². The van der Waals surface area contributed by atoms with Crippen molar-refractivity contribution in [1.29, 1.82) is 0 Å². The van der Waals surface area contributed by atoms with E-state index >= 15 is 0 Å². The summed E-state index contributed by atoms with van der Waals surface area (Å²) in [7, 11) is 0. The highest BCUT2D eigenvalue weighted by molar-refractivity contribution is 7.80. The normalized spacial score (nSPS) is 24.5. The SMILES string of the molecule is CC1CC(C)C(OC(=O)c2c(-c3ccccc3)c[nH]c2N)C(C)C1.CC1CC(C)C(OC(=O)c2c(-c3ccccc3)cn3c(=O)[nH]c(=S)[nH]c23)C(C)C1.CCOC(=O)NC(=S)Nc1[nH]cc(-c2ccccc2)c1C(=O)OC1C(C)CC(C)CC1C. The van der Waals surface area contributed by atoms with Gasteiger partial charge in [0.2, 0.25) is 0 Å². The molecule has 7 aromatic rings. The first-order valence-electron chi connectivity index (χ1n) is 29.7. The number of nitrogens with one attached hydrogen (secondary N) is 6. The lowest BCUT2D eigenvalue weighted by Gasteiger charge is -2.37. The average Bonchev–Trinajstić information content (AvgIpc) is 3.82. The molecule has 0 spiro atoms. The number of aromatic nitrogens is 5. The molecule has 4 heterocycles. The predicted molar refractivity (Wildman–Crippen MR) is 340 cm³/mol. The number of amides is 1. The van der Waals surface area contributed by atoms with Gasteiger partial charge in [-0.2, -0.15) is 0 Å². The molecule has 3 aliphatic rings. The lowest BCUT2D eigenvalue weighted by molar-refractivity contribution is -0.0254. The zero-order valence-corrected chi connectivity index (χ0v) is 51.9. The van der Waals surface area contributed by atoms with Gasteiger partial charge in [0.05, 0.1) is 6.61 Å². The summed E-state index contributed by atoms with van der Waals surface area (Å²) in [5.41, 5.74) is 11.9. The van der Waals surface area contributed by atoms with E-state index in [-0.39, 0.29) is 64.4 Å². The van der Waals surface area contributed by atoms with Crippen molar-refractivity contribution < 1.29 is 38.1 Å². The van der Waals surface area contributed by atoms with Crippen molar-refractivity contribution in [2.45, 2.75) is 126 Å². The van der Waals surface area contributed by atoms with Crippen molar-refractivity contribution in [3.05, 3.63) is 142 Å². The van der Waals surface area contributed by atoms with E-state index in [1.54, 1.807) is 25.5 Å². The second-order valence-corrected chi connectivity index (χ2v) is 24.9. The number of benzene rings is 3. The molecule has 3 fully saturated rings. The Balaban J connectivity index is 0.000000168. The van der Waals surface area contributed by atoms with E-state index in [2.05, 4.69) is 92.9 Å². The van der Waals surface area contributed by atoms with E-state index in [0.29, 0.717) is 74.7 Å². The summed E-state index contributed by atoms with van der Waals surface area (Å²) in [6, 6.07) is 28.8. The molecule has 3 aromatic carbocycles. The lowest BCUT2D eigenvalue weighted by Crippen LogP contribution is -2.38. The zero-order valence-electron chi connectivity index (χ0n) is 50.3. The van der Waals surface area contributed by atoms with Crippen molar-refractivity contribution in [3.63, 3.8) is 0 Å². The summed E-state index contributed by atoms with van der Waals surface area (Å²) in [5, 5.41) is 5.35. The van der Waals surface area contributed by atoms with E-state index in [9.17, 15) is 24.0 Å². The summed E-state index contributed by atoms with van der Waals surface area (Å²) in [5.74, 6) is 3.33. The molecular weight excluding hydrogens is 1110 g/mol. The van der Waals surface area contributed by atoms with Crippen LogP contribution in [0.2, 0.25) is 0 Å². The molecule has 0 saturated heterocycles. The van der Waals surface area contributed by atoms with Gasteiger partial charge in [-0.05, 0) is 140 Å². The number of anilines is 2. The molecule has 3 aliphatic carbocycles. The molecule has 3 saturated carbocycles. The third-order valence-electron chi connectivity index (χ3n) is 16.8. The predicted octanol–water partition coefficient (Wildman–Crippen LogP) is 14.4. The number of hydrogen-bond donors (Lipinski definition) is 7. The first kappa shape index (κ1) is 63.3. The van der Waals surface area contributed by atoms with Crippen molar-refractivity contribution in [2.75, 3.05) is 17.7 Å². The quantitative estimate of drug-likeness (QED) is 0.0363. The molecule has 452 valence electrons. The van der Waals surface area contributed by atoms with Crippen LogP contribution < -0.4 is 22.1 Å². The van der Waals surface area contributed by atoms with Gasteiger partial charge >= 0.3 is 29.7 Å². The number of hydrogen-bond acceptors (Lipinski definition) is 12.